The van der Waals surface area contributed by atoms with Gasteiger partial charge in [0.15, 0.2) is 0 Å². The fourth-order valence-electron chi connectivity index (χ4n) is 4.51. The van der Waals surface area contributed by atoms with E-state index in [0.717, 1.165) is 63.0 Å². The molecule has 0 unspecified atom stereocenters. The minimum absolute atomic E-state index is 0.105. The van der Waals surface area contributed by atoms with E-state index in [-0.39, 0.29) is 5.92 Å². The summed E-state index contributed by atoms with van der Waals surface area (Å²) in [6, 6.07) is 6.23. The number of aliphatic hydroxyl groups is 1. The molecule has 2 heterocycles. The zero-order valence-corrected chi connectivity index (χ0v) is 16.4. The van der Waals surface area contributed by atoms with E-state index in [1.165, 1.54) is 18.4 Å². The van der Waals surface area contributed by atoms with E-state index in [9.17, 15) is 9.90 Å². The highest BCUT2D eigenvalue weighted by atomic mass is 16.3. The second-order valence-corrected chi connectivity index (χ2v) is 8.21. The molecule has 0 spiro atoms. The second-order valence-electron chi connectivity index (χ2n) is 8.21. The number of rotatable bonds is 4. The Hall–Kier alpha value is -1.39. The van der Waals surface area contributed by atoms with Gasteiger partial charge in [-0.1, -0.05) is 36.6 Å². The van der Waals surface area contributed by atoms with Crippen LogP contribution in [0.2, 0.25) is 0 Å². The van der Waals surface area contributed by atoms with Crippen LogP contribution in [0, 0.1) is 19.8 Å². The van der Waals surface area contributed by atoms with Crippen molar-refractivity contribution >= 4 is 5.91 Å². The minimum Gasteiger partial charge on any atom is -0.387 e. The third-order valence-corrected chi connectivity index (χ3v) is 5.99. The molecule has 0 aromatic heterocycles. The number of aryl methyl sites for hydroxylation is 2. The van der Waals surface area contributed by atoms with Crippen molar-refractivity contribution in [3.8, 4) is 0 Å². The molecule has 0 radical (unpaired) electrons. The number of nitrogens with zero attached hydrogens (tertiary/aromatic N) is 2. The van der Waals surface area contributed by atoms with E-state index in [1.54, 1.807) is 0 Å². The molecule has 1 N–H and O–H groups in total. The van der Waals surface area contributed by atoms with Gasteiger partial charge in [0.2, 0.25) is 5.91 Å². The maximum absolute atomic E-state index is 12.9. The number of carbonyl (C=O) groups is 1. The van der Waals surface area contributed by atoms with E-state index in [2.05, 4.69) is 35.8 Å². The quantitative estimate of drug-likeness (QED) is 0.896. The van der Waals surface area contributed by atoms with Gasteiger partial charge in [-0.25, -0.2) is 0 Å². The van der Waals surface area contributed by atoms with Gasteiger partial charge in [-0.3, -0.25) is 9.69 Å². The molecule has 0 aliphatic carbocycles. The lowest BCUT2D eigenvalue weighted by Crippen LogP contribution is -2.46. The van der Waals surface area contributed by atoms with Crippen LogP contribution in [0.4, 0.5) is 0 Å². The molecule has 144 valence electrons. The fourth-order valence-corrected chi connectivity index (χ4v) is 4.51. The van der Waals surface area contributed by atoms with Crippen LogP contribution in [-0.2, 0) is 4.79 Å². The summed E-state index contributed by atoms with van der Waals surface area (Å²) in [6.45, 7) is 8.39. The first kappa shape index (κ1) is 19.4. The predicted octanol–water partition coefficient (Wildman–Crippen LogP) is 3.45. The number of benzene rings is 1. The Morgan fingerprint density at radius 1 is 1.12 bits per heavy atom. The van der Waals surface area contributed by atoms with Crippen LogP contribution in [0.3, 0.4) is 0 Å². The van der Waals surface area contributed by atoms with Crippen molar-refractivity contribution in [2.24, 2.45) is 5.92 Å². The highest BCUT2D eigenvalue weighted by Crippen LogP contribution is 2.25. The Bertz CT molecular complexity index is 608. The molecule has 4 nitrogen and oxygen atoms in total. The lowest BCUT2D eigenvalue weighted by Gasteiger charge is -2.35. The number of piperidine rings is 1. The van der Waals surface area contributed by atoms with Gasteiger partial charge in [0.25, 0.3) is 0 Å². The minimum atomic E-state index is -0.484. The molecule has 2 fully saturated rings. The third kappa shape index (κ3) is 4.86. The number of β-amino-alcohol motifs (C(OH)–C–C–N with tert-alkyl or cyclic N) is 1. The normalized spacial score (nSPS) is 23.5. The van der Waals surface area contributed by atoms with E-state index in [0.29, 0.717) is 12.5 Å². The van der Waals surface area contributed by atoms with Gasteiger partial charge in [-0.05, 0) is 57.2 Å². The monoisotopic (exact) mass is 358 g/mol. The first-order valence-electron chi connectivity index (χ1n) is 10.3. The molecule has 1 aromatic rings. The first-order chi connectivity index (χ1) is 12.5. The summed E-state index contributed by atoms with van der Waals surface area (Å²) in [5.41, 5.74) is 3.38. The number of aliphatic hydroxyl groups excluding tert-OH is 1. The zero-order valence-electron chi connectivity index (χ0n) is 16.4. The fraction of sp³-hybridized carbons (Fsp3) is 0.682. The van der Waals surface area contributed by atoms with Gasteiger partial charge >= 0.3 is 0 Å². The van der Waals surface area contributed by atoms with Crippen LogP contribution in [0.25, 0.3) is 0 Å². The molecule has 2 aliphatic rings. The summed E-state index contributed by atoms with van der Waals surface area (Å²) in [4.78, 5) is 17.3. The largest absolute Gasteiger partial charge is 0.387 e. The number of hydrogen-bond donors (Lipinski definition) is 1. The average molecular weight is 359 g/mol. The van der Waals surface area contributed by atoms with Gasteiger partial charge in [0.1, 0.15) is 0 Å². The molecule has 2 atom stereocenters. The van der Waals surface area contributed by atoms with Crippen molar-refractivity contribution in [1.82, 2.24) is 9.80 Å². The van der Waals surface area contributed by atoms with E-state index in [1.807, 2.05) is 6.07 Å². The number of carbonyl (C=O) groups excluding carboxylic acids is 1. The third-order valence-electron chi connectivity index (χ3n) is 5.99. The first-order valence-corrected chi connectivity index (χ1v) is 10.3. The van der Waals surface area contributed by atoms with Crippen LogP contribution < -0.4 is 0 Å². The highest BCUT2D eigenvalue weighted by Gasteiger charge is 2.30. The topological polar surface area (TPSA) is 43.8 Å². The molecular weight excluding hydrogens is 324 g/mol. The number of amides is 1. The van der Waals surface area contributed by atoms with Crippen LogP contribution in [0.1, 0.15) is 61.3 Å². The van der Waals surface area contributed by atoms with Crippen LogP contribution in [0.15, 0.2) is 18.2 Å². The maximum Gasteiger partial charge on any atom is 0.226 e. The Labute approximate surface area is 158 Å². The molecular formula is C22H34N2O2. The Morgan fingerprint density at radius 2 is 1.85 bits per heavy atom. The van der Waals surface area contributed by atoms with E-state index < -0.39 is 6.10 Å². The van der Waals surface area contributed by atoms with Crippen LogP contribution in [0.5, 0.6) is 0 Å². The molecule has 1 amide bonds. The van der Waals surface area contributed by atoms with Crippen molar-refractivity contribution in [2.45, 2.75) is 58.5 Å². The van der Waals surface area contributed by atoms with Gasteiger partial charge in [0, 0.05) is 26.2 Å². The lowest BCUT2D eigenvalue weighted by molar-refractivity contribution is -0.137. The summed E-state index contributed by atoms with van der Waals surface area (Å²) in [6.07, 6.45) is 6.35. The van der Waals surface area contributed by atoms with Gasteiger partial charge < -0.3 is 10.0 Å². The summed E-state index contributed by atoms with van der Waals surface area (Å²) in [5.74, 6) is 0.450. The Morgan fingerprint density at radius 3 is 2.54 bits per heavy atom. The van der Waals surface area contributed by atoms with Crippen molar-refractivity contribution in [3.63, 3.8) is 0 Å². The Kier molecular flexibility index (Phi) is 6.71. The smallest absolute Gasteiger partial charge is 0.226 e. The predicted molar refractivity (Wildman–Crippen MR) is 105 cm³/mol. The molecule has 4 heteroatoms. The van der Waals surface area contributed by atoms with Crippen molar-refractivity contribution < 1.29 is 9.90 Å². The summed E-state index contributed by atoms with van der Waals surface area (Å²) >= 11 is 0. The Balaban J connectivity index is 1.58. The SMILES string of the molecule is Cc1ccc([C@@H](O)CN2CCC[C@@H](C(=O)N3CCCCCC3)C2)c(C)c1. The van der Waals surface area contributed by atoms with Crippen molar-refractivity contribution in [1.29, 1.82) is 0 Å². The molecule has 1 aromatic carbocycles. The van der Waals surface area contributed by atoms with Gasteiger partial charge in [-0.2, -0.15) is 0 Å². The van der Waals surface area contributed by atoms with Crippen LogP contribution >= 0.6 is 0 Å². The zero-order chi connectivity index (χ0) is 18.5. The lowest BCUT2D eigenvalue weighted by atomic mass is 9.95. The number of hydrogen-bond acceptors (Lipinski definition) is 3. The van der Waals surface area contributed by atoms with Crippen molar-refractivity contribution in [2.75, 3.05) is 32.7 Å². The molecule has 2 saturated heterocycles. The van der Waals surface area contributed by atoms with Crippen molar-refractivity contribution in [3.05, 3.63) is 34.9 Å². The van der Waals surface area contributed by atoms with E-state index in [4.69, 9.17) is 0 Å². The van der Waals surface area contributed by atoms with Gasteiger partial charge in [-0.15, -0.1) is 0 Å². The van der Waals surface area contributed by atoms with Crippen LogP contribution in [-0.4, -0.2) is 53.5 Å². The summed E-state index contributed by atoms with van der Waals surface area (Å²) in [7, 11) is 0. The summed E-state index contributed by atoms with van der Waals surface area (Å²) < 4.78 is 0. The molecule has 0 bridgehead atoms. The maximum atomic E-state index is 12.9. The second kappa shape index (κ2) is 9.01. The molecule has 0 saturated carbocycles. The standard InChI is InChI=1S/C22H34N2O2/c1-17-9-10-20(18(2)14-17)21(25)16-23-11-7-8-19(15-23)22(26)24-12-5-3-4-6-13-24/h9-10,14,19,21,25H,3-8,11-13,15-16H2,1-2H3/t19-,21+/m1/s1. The number of likely N-dealkylation sites (tertiary alicyclic amines) is 2. The highest BCUT2D eigenvalue weighted by molar-refractivity contribution is 5.79. The van der Waals surface area contributed by atoms with Gasteiger partial charge in [0.05, 0.1) is 12.0 Å². The average Bonchev–Trinajstić information content (AvgIpc) is 2.90. The molecule has 26 heavy (non-hydrogen) atoms. The molecule has 2 aliphatic heterocycles. The van der Waals surface area contributed by atoms with E-state index >= 15 is 0 Å². The molecule has 3 rings (SSSR count). The summed E-state index contributed by atoms with van der Waals surface area (Å²) in [5, 5.41) is 10.7.